The zero-order valence-electron chi connectivity index (χ0n) is 7.66. The number of rotatable bonds is 1. The van der Waals surface area contributed by atoms with Crippen molar-refractivity contribution >= 4 is 19.2 Å². The van der Waals surface area contributed by atoms with Crippen molar-refractivity contribution in [3.8, 4) is 11.3 Å². The summed E-state index contributed by atoms with van der Waals surface area (Å²) in [6.45, 7) is 0. The number of nitrogens with zero attached hydrogens (tertiary/aromatic N) is 1. The minimum absolute atomic E-state index is 0.556. The van der Waals surface area contributed by atoms with Gasteiger partial charge in [-0.15, -0.1) is 18.2 Å². The molecule has 0 radical (unpaired) electrons. The summed E-state index contributed by atoms with van der Waals surface area (Å²) in [5.74, 6) is 0. The van der Waals surface area contributed by atoms with Crippen LogP contribution in [0, 0.1) is 6.07 Å². The summed E-state index contributed by atoms with van der Waals surface area (Å²) in [5, 5.41) is 0. The maximum atomic E-state index is 4.89. The summed E-state index contributed by atoms with van der Waals surface area (Å²) in [6, 6.07) is 16.9. The van der Waals surface area contributed by atoms with Crippen LogP contribution in [-0.4, -0.2) is 4.98 Å². The molecular weight excluding hydrogens is 409 g/mol. The second-order valence-electron chi connectivity index (χ2n) is 2.54. The molecular formula is C11H8Cl2IrN. The Morgan fingerprint density at radius 3 is 2.27 bits per heavy atom. The molecule has 2 rings (SSSR count). The molecule has 0 saturated carbocycles. The first kappa shape index (κ1) is 12.7. The Morgan fingerprint density at radius 1 is 1.07 bits per heavy atom. The summed E-state index contributed by atoms with van der Waals surface area (Å²) >= 11 is -0.556. The van der Waals surface area contributed by atoms with Gasteiger partial charge in [0, 0.05) is 0 Å². The van der Waals surface area contributed by atoms with Crippen LogP contribution in [0.1, 0.15) is 0 Å². The van der Waals surface area contributed by atoms with Gasteiger partial charge in [-0.05, 0) is 11.9 Å². The molecule has 0 unspecified atom stereocenters. The maximum Gasteiger partial charge on any atom is -0.0291 e. The smallest absolute Gasteiger partial charge is 0.0291 e. The Labute approximate surface area is 105 Å². The standard InChI is InChI=1S/C11H8N.2ClH.Ir/c1-2-6-10(7-3-1)11-8-4-5-9-12-11;;;/h1-7,9H;2*1H;/q-1;;;+3/p-2. The second-order valence-corrected chi connectivity index (χ2v) is 6.00. The van der Waals surface area contributed by atoms with Crippen LogP contribution in [0.15, 0.2) is 48.7 Å². The number of hydrogen-bond acceptors (Lipinski definition) is 1. The number of aromatic nitrogens is 1. The largest absolute Gasteiger partial charge is 0.296 e. The molecule has 0 aliphatic heterocycles. The monoisotopic (exact) mass is 417 g/mol. The Kier molecular flexibility index (Phi) is 6.62. The summed E-state index contributed by atoms with van der Waals surface area (Å²) in [5.41, 5.74) is 2.01. The van der Waals surface area contributed by atoms with Crippen LogP contribution in [0.5, 0.6) is 0 Å². The average Bonchev–Trinajstić information content (AvgIpc) is 2.32. The molecule has 0 fully saturated rings. The van der Waals surface area contributed by atoms with E-state index in [1.54, 1.807) is 6.20 Å². The van der Waals surface area contributed by atoms with E-state index in [1.165, 1.54) is 0 Å². The molecule has 0 saturated heterocycles. The van der Waals surface area contributed by atoms with Crippen LogP contribution in [0.25, 0.3) is 11.3 Å². The van der Waals surface area contributed by atoms with E-state index in [1.807, 2.05) is 42.5 Å². The topological polar surface area (TPSA) is 12.9 Å². The fourth-order valence-electron chi connectivity index (χ4n) is 1.08. The third-order valence-corrected chi connectivity index (χ3v) is 1.65. The van der Waals surface area contributed by atoms with E-state index >= 15 is 0 Å². The fourth-order valence-corrected chi connectivity index (χ4v) is 1.08. The van der Waals surface area contributed by atoms with Crippen molar-refractivity contribution in [3.05, 3.63) is 54.7 Å². The molecule has 0 atom stereocenters. The second kappa shape index (κ2) is 7.83. The molecule has 1 aromatic carbocycles. The SMILES string of the molecule is [Cl][Ir+][Cl].[c-]1cccnc1-c1ccccc1. The molecule has 1 aromatic heterocycles. The molecule has 0 bridgehead atoms. The molecule has 1 heterocycles. The van der Waals surface area contributed by atoms with Crippen LogP contribution in [0.4, 0.5) is 0 Å². The molecule has 0 N–H and O–H groups in total. The normalized spacial score (nSPS) is 9.20. The van der Waals surface area contributed by atoms with Gasteiger partial charge in [0.25, 0.3) is 0 Å². The van der Waals surface area contributed by atoms with Crippen LogP contribution in [0.2, 0.25) is 0 Å². The Morgan fingerprint density at radius 2 is 1.73 bits per heavy atom. The zero-order valence-corrected chi connectivity index (χ0v) is 11.6. The molecule has 0 aliphatic rings. The summed E-state index contributed by atoms with van der Waals surface area (Å²) in [7, 11) is 9.78. The van der Waals surface area contributed by atoms with Gasteiger partial charge in [0.05, 0.1) is 0 Å². The number of benzene rings is 1. The third kappa shape index (κ3) is 4.76. The van der Waals surface area contributed by atoms with Gasteiger partial charge in [-0.1, -0.05) is 23.8 Å². The van der Waals surface area contributed by atoms with E-state index in [-0.39, 0.29) is 0 Å². The van der Waals surface area contributed by atoms with Gasteiger partial charge in [-0.2, -0.15) is 12.1 Å². The minimum Gasteiger partial charge on any atom is -0.296 e. The minimum atomic E-state index is -0.556. The molecule has 15 heavy (non-hydrogen) atoms. The van der Waals surface area contributed by atoms with Crippen molar-refractivity contribution in [2.75, 3.05) is 0 Å². The number of hydrogen-bond donors (Lipinski definition) is 0. The van der Waals surface area contributed by atoms with Gasteiger partial charge in [-0.25, -0.2) is 0 Å². The molecule has 2 aromatic rings. The quantitative estimate of drug-likeness (QED) is 0.641. The predicted octanol–water partition coefficient (Wildman–Crippen LogP) is 3.93. The van der Waals surface area contributed by atoms with Gasteiger partial charge < -0.3 is 0 Å². The Balaban J connectivity index is 0.000000337. The molecule has 0 aliphatic carbocycles. The first-order valence-corrected chi connectivity index (χ1v) is 10.0. The van der Waals surface area contributed by atoms with E-state index in [9.17, 15) is 0 Å². The molecule has 1 nitrogen and oxygen atoms in total. The van der Waals surface area contributed by atoms with E-state index < -0.39 is 15.7 Å². The van der Waals surface area contributed by atoms with Crippen molar-refractivity contribution in [2.45, 2.75) is 0 Å². The predicted molar refractivity (Wildman–Crippen MR) is 60.2 cm³/mol. The average molecular weight is 417 g/mol. The Bertz CT molecular complexity index is 329. The molecule has 0 amide bonds. The third-order valence-electron chi connectivity index (χ3n) is 1.65. The Hall–Kier alpha value is -0.401. The summed E-state index contributed by atoms with van der Waals surface area (Å²) < 4.78 is 0. The molecule has 4 heteroatoms. The van der Waals surface area contributed by atoms with Gasteiger partial charge in [0.15, 0.2) is 0 Å². The van der Waals surface area contributed by atoms with E-state index in [2.05, 4.69) is 11.1 Å². The zero-order chi connectivity index (χ0) is 10.9. The van der Waals surface area contributed by atoms with Crippen LogP contribution >= 0.6 is 19.2 Å². The first-order valence-electron chi connectivity index (χ1n) is 4.10. The summed E-state index contributed by atoms with van der Waals surface area (Å²) in [6.07, 6.45) is 1.78. The van der Waals surface area contributed by atoms with Gasteiger partial charge in [-0.3, -0.25) is 4.98 Å². The molecule has 80 valence electrons. The van der Waals surface area contributed by atoms with E-state index in [0.717, 1.165) is 11.3 Å². The van der Waals surface area contributed by atoms with Gasteiger partial charge in [0.1, 0.15) is 0 Å². The van der Waals surface area contributed by atoms with Gasteiger partial charge in [0.2, 0.25) is 0 Å². The fraction of sp³-hybridized carbons (Fsp3) is 0. The van der Waals surface area contributed by atoms with Crippen molar-refractivity contribution in [1.82, 2.24) is 4.98 Å². The first-order chi connectivity index (χ1) is 7.38. The van der Waals surface area contributed by atoms with Crippen LogP contribution in [0.3, 0.4) is 0 Å². The van der Waals surface area contributed by atoms with Crippen molar-refractivity contribution in [1.29, 1.82) is 0 Å². The number of pyridine rings is 1. The van der Waals surface area contributed by atoms with Crippen molar-refractivity contribution in [3.63, 3.8) is 0 Å². The summed E-state index contributed by atoms with van der Waals surface area (Å²) in [4.78, 5) is 4.19. The van der Waals surface area contributed by atoms with Gasteiger partial charge >= 0.3 is 34.8 Å². The number of halogens is 2. The van der Waals surface area contributed by atoms with Crippen LogP contribution < -0.4 is 0 Å². The van der Waals surface area contributed by atoms with Crippen LogP contribution in [-0.2, 0) is 15.7 Å². The molecule has 0 spiro atoms. The van der Waals surface area contributed by atoms with Crippen molar-refractivity contribution in [2.24, 2.45) is 0 Å². The maximum absolute atomic E-state index is 4.89. The van der Waals surface area contributed by atoms with E-state index in [4.69, 9.17) is 19.2 Å². The van der Waals surface area contributed by atoms with E-state index in [0.29, 0.717) is 0 Å². The van der Waals surface area contributed by atoms with Crippen molar-refractivity contribution < 1.29 is 15.7 Å².